The van der Waals surface area contributed by atoms with Crippen LogP contribution in [-0.4, -0.2) is 15.2 Å². The summed E-state index contributed by atoms with van der Waals surface area (Å²) in [5.74, 6) is 0.0445. The molecule has 0 bridgehead atoms. The Hall–Kier alpha value is -3.20. The second kappa shape index (κ2) is 5.78. The Morgan fingerprint density at radius 1 is 0.875 bits per heavy atom. The van der Waals surface area contributed by atoms with E-state index in [1.165, 1.54) is 0 Å². The van der Waals surface area contributed by atoms with Crippen molar-refractivity contribution in [3.8, 4) is 22.5 Å². The number of hydrogen-bond donors (Lipinski definition) is 0. The molecule has 2 aromatic heterocycles. The van der Waals surface area contributed by atoms with Gasteiger partial charge in [0.1, 0.15) is 5.65 Å². The van der Waals surface area contributed by atoms with E-state index in [2.05, 4.69) is 24.3 Å². The van der Waals surface area contributed by atoms with Crippen molar-refractivity contribution >= 4 is 11.4 Å². The Labute approximate surface area is 140 Å². The second-order valence-electron chi connectivity index (χ2n) is 5.74. The highest BCUT2D eigenvalue weighted by Crippen LogP contribution is 2.32. The van der Waals surface area contributed by atoms with E-state index in [4.69, 9.17) is 4.98 Å². The Morgan fingerprint density at radius 2 is 1.50 bits per heavy atom. The largest absolute Gasteiger partial charge is 0.299 e. The van der Waals surface area contributed by atoms with Crippen LogP contribution in [0.1, 0.15) is 17.3 Å². The van der Waals surface area contributed by atoms with Gasteiger partial charge in [-0.25, -0.2) is 4.98 Å². The van der Waals surface area contributed by atoms with E-state index in [-0.39, 0.29) is 5.78 Å². The molecule has 3 nitrogen and oxygen atoms in total. The highest BCUT2D eigenvalue weighted by Gasteiger charge is 2.16. The minimum atomic E-state index is 0.0445. The summed E-state index contributed by atoms with van der Waals surface area (Å²) in [7, 11) is 0. The number of imidazole rings is 1. The van der Waals surface area contributed by atoms with Gasteiger partial charge in [-0.05, 0) is 19.1 Å². The van der Waals surface area contributed by atoms with Gasteiger partial charge in [0.25, 0.3) is 0 Å². The molecule has 0 aliphatic heterocycles. The third-order valence-corrected chi connectivity index (χ3v) is 4.13. The number of pyridine rings is 1. The standard InChI is InChI=1S/C21H16N2O/c1-15(24)18-12-13-23-19(14-18)22-20(16-8-4-2-5-9-16)21(23)17-10-6-3-7-11-17/h2-14H,1H3. The summed E-state index contributed by atoms with van der Waals surface area (Å²) in [6.07, 6.45) is 1.92. The van der Waals surface area contributed by atoms with Crippen molar-refractivity contribution in [2.24, 2.45) is 0 Å². The van der Waals surface area contributed by atoms with Crippen molar-refractivity contribution in [3.05, 3.63) is 84.6 Å². The number of aromatic nitrogens is 2. The summed E-state index contributed by atoms with van der Waals surface area (Å²) >= 11 is 0. The number of Topliss-reactive ketones (excluding diaryl/α,β-unsaturated/α-hetero) is 1. The van der Waals surface area contributed by atoms with Gasteiger partial charge in [-0.1, -0.05) is 60.7 Å². The maximum absolute atomic E-state index is 11.7. The molecule has 24 heavy (non-hydrogen) atoms. The number of ketones is 1. The van der Waals surface area contributed by atoms with Gasteiger partial charge in [0.05, 0.1) is 11.4 Å². The lowest BCUT2D eigenvalue weighted by atomic mass is 10.1. The van der Waals surface area contributed by atoms with E-state index in [9.17, 15) is 4.79 Å². The Kier molecular flexibility index (Phi) is 3.47. The minimum Gasteiger partial charge on any atom is -0.299 e. The SMILES string of the molecule is CC(=O)c1ccn2c(-c3ccccc3)c(-c3ccccc3)nc2c1. The fourth-order valence-electron chi connectivity index (χ4n) is 2.93. The number of benzene rings is 2. The van der Waals surface area contributed by atoms with Crippen LogP contribution in [0.25, 0.3) is 28.2 Å². The van der Waals surface area contributed by atoms with Crippen LogP contribution in [0.3, 0.4) is 0 Å². The average molecular weight is 312 g/mol. The second-order valence-corrected chi connectivity index (χ2v) is 5.74. The summed E-state index contributed by atoms with van der Waals surface area (Å²) in [6, 6.07) is 24.0. The number of hydrogen-bond acceptors (Lipinski definition) is 2. The molecule has 0 aliphatic carbocycles. The number of fused-ring (bicyclic) bond motifs is 1. The molecule has 2 heterocycles. The molecule has 2 aromatic carbocycles. The van der Waals surface area contributed by atoms with Crippen LogP contribution in [0.4, 0.5) is 0 Å². The van der Waals surface area contributed by atoms with Gasteiger partial charge in [0, 0.05) is 22.9 Å². The first-order valence-corrected chi connectivity index (χ1v) is 7.88. The summed E-state index contributed by atoms with van der Waals surface area (Å²) in [5.41, 5.74) is 5.56. The van der Waals surface area contributed by atoms with Crippen molar-refractivity contribution in [3.63, 3.8) is 0 Å². The molecule has 4 aromatic rings. The molecule has 0 radical (unpaired) electrons. The number of carbonyl (C=O) groups is 1. The van der Waals surface area contributed by atoms with Crippen LogP contribution in [-0.2, 0) is 0 Å². The van der Waals surface area contributed by atoms with E-state index in [1.54, 1.807) is 6.92 Å². The molecular weight excluding hydrogens is 296 g/mol. The monoisotopic (exact) mass is 312 g/mol. The van der Waals surface area contributed by atoms with Gasteiger partial charge in [-0.3, -0.25) is 9.20 Å². The number of rotatable bonds is 3. The maximum Gasteiger partial charge on any atom is 0.159 e. The first-order chi connectivity index (χ1) is 11.7. The van der Waals surface area contributed by atoms with Crippen LogP contribution in [0.15, 0.2) is 79.0 Å². The smallest absolute Gasteiger partial charge is 0.159 e. The quantitative estimate of drug-likeness (QED) is 0.506. The van der Waals surface area contributed by atoms with Gasteiger partial charge >= 0.3 is 0 Å². The predicted octanol–water partition coefficient (Wildman–Crippen LogP) is 4.87. The molecule has 0 saturated heterocycles. The molecule has 0 atom stereocenters. The molecule has 0 N–H and O–H groups in total. The van der Waals surface area contributed by atoms with Gasteiger partial charge in [0.2, 0.25) is 0 Å². The molecular formula is C21H16N2O. The Morgan fingerprint density at radius 3 is 2.12 bits per heavy atom. The van der Waals surface area contributed by atoms with Crippen molar-refractivity contribution < 1.29 is 4.79 Å². The Bertz CT molecular complexity index is 1020. The van der Waals surface area contributed by atoms with Gasteiger partial charge < -0.3 is 0 Å². The van der Waals surface area contributed by atoms with Crippen LogP contribution >= 0.6 is 0 Å². The molecule has 0 amide bonds. The lowest BCUT2D eigenvalue weighted by Crippen LogP contribution is -1.95. The zero-order valence-corrected chi connectivity index (χ0v) is 13.3. The van der Waals surface area contributed by atoms with Crippen molar-refractivity contribution in [1.82, 2.24) is 9.38 Å². The molecule has 116 valence electrons. The summed E-state index contributed by atoms with van der Waals surface area (Å²) in [4.78, 5) is 16.5. The zero-order valence-electron chi connectivity index (χ0n) is 13.3. The molecule has 0 aliphatic rings. The first kappa shape index (κ1) is 14.4. The number of nitrogens with zero attached hydrogens (tertiary/aromatic N) is 2. The third kappa shape index (κ3) is 2.40. The Balaban J connectivity index is 2.04. The summed E-state index contributed by atoms with van der Waals surface area (Å²) in [5, 5.41) is 0. The van der Waals surface area contributed by atoms with E-state index in [0.717, 1.165) is 28.2 Å². The molecule has 0 spiro atoms. The molecule has 4 rings (SSSR count). The molecule has 0 fully saturated rings. The molecule has 0 unspecified atom stereocenters. The van der Waals surface area contributed by atoms with Crippen LogP contribution in [0, 0.1) is 0 Å². The fourth-order valence-corrected chi connectivity index (χ4v) is 2.93. The minimum absolute atomic E-state index is 0.0445. The van der Waals surface area contributed by atoms with Gasteiger partial charge in [-0.2, -0.15) is 0 Å². The topological polar surface area (TPSA) is 34.4 Å². The lowest BCUT2D eigenvalue weighted by molar-refractivity contribution is 0.101. The normalized spacial score (nSPS) is 10.9. The highest BCUT2D eigenvalue weighted by molar-refractivity contribution is 5.95. The van der Waals surface area contributed by atoms with Gasteiger partial charge in [0.15, 0.2) is 5.78 Å². The number of carbonyl (C=O) groups excluding carboxylic acids is 1. The maximum atomic E-state index is 11.7. The van der Waals surface area contributed by atoms with Crippen molar-refractivity contribution in [1.29, 1.82) is 0 Å². The van der Waals surface area contributed by atoms with Crippen molar-refractivity contribution in [2.75, 3.05) is 0 Å². The van der Waals surface area contributed by atoms with Crippen LogP contribution < -0.4 is 0 Å². The average Bonchev–Trinajstić information content (AvgIpc) is 3.01. The highest BCUT2D eigenvalue weighted by atomic mass is 16.1. The fraction of sp³-hybridized carbons (Fsp3) is 0.0476. The first-order valence-electron chi connectivity index (χ1n) is 7.88. The lowest BCUT2D eigenvalue weighted by Gasteiger charge is -2.06. The third-order valence-electron chi connectivity index (χ3n) is 4.13. The van der Waals surface area contributed by atoms with Gasteiger partial charge in [-0.15, -0.1) is 0 Å². The molecule has 3 heteroatoms. The summed E-state index contributed by atoms with van der Waals surface area (Å²) < 4.78 is 2.05. The van der Waals surface area contributed by atoms with E-state index in [0.29, 0.717) is 5.56 Å². The van der Waals surface area contributed by atoms with E-state index < -0.39 is 0 Å². The molecule has 0 saturated carbocycles. The van der Waals surface area contributed by atoms with Crippen molar-refractivity contribution in [2.45, 2.75) is 6.92 Å². The van der Waals surface area contributed by atoms with E-state index in [1.807, 2.05) is 59.1 Å². The zero-order chi connectivity index (χ0) is 16.5. The summed E-state index contributed by atoms with van der Waals surface area (Å²) in [6.45, 7) is 1.57. The van der Waals surface area contributed by atoms with Crippen LogP contribution in [0.5, 0.6) is 0 Å². The predicted molar refractivity (Wildman–Crippen MR) is 96.1 cm³/mol. The van der Waals surface area contributed by atoms with Crippen LogP contribution in [0.2, 0.25) is 0 Å². The van der Waals surface area contributed by atoms with E-state index >= 15 is 0 Å².